The Kier molecular flexibility index (Phi) is 6.80. The summed E-state index contributed by atoms with van der Waals surface area (Å²) < 4.78 is 6.30. The first-order valence-electron chi connectivity index (χ1n) is 8.16. The summed E-state index contributed by atoms with van der Waals surface area (Å²) in [6, 6.07) is 5.38. The van der Waals surface area contributed by atoms with Crippen LogP contribution in [0.2, 0.25) is 0 Å². The number of non-ortho nitro benzene ring substituents is 1. The average Bonchev–Trinajstić information content (AvgIpc) is 3.04. The number of hydrogen-bond acceptors (Lipinski definition) is 7. The zero-order valence-electron chi connectivity index (χ0n) is 15.0. The number of nitrogens with one attached hydrogen (secondary N) is 1. The molecule has 2 aromatic rings. The molecule has 0 aliphatic carbocycles. The number of esters is 1. The second-order valence-electron chi connectivity index (χ2n) is 5.63. The highest BCUT2D eigenvalue weighted by atomic mass is 16.6. The van der Waals surface area contributed by atoms with E-state index < -0.39 is 16.9 Å². The second kappa shape index (κ2) is 9.27. The molecular formula is C16H20N6O5. The molecule has 27 heavy (non-hydrogen) atoms. The van der Waals surface area contributed by atoms with E-state index in [-0.39, 0.29) is 31.9 Å². The molecule has 1 heterocycles. The number of benzene rings is 1. The molecule has 0 unspecified atom stereocenters. The van der Waals surface area contributed by atoms with Gasteiger partial charge in [-0.15, -0.1) is 5.10 Å². The first-order valence-corrected chi connectivity index (χ1v) is 8.16. The minimum absolute atomic E-state index is 0.0361. The van der Waals surface area contributed by atoms with Gasteiger partial charge in [-0.3, -0.25) is 19.6 Å². The molecule has 0 bridgehead atoms. The fourth-order valence-corrected chi connectivity index (χ4v) is 2.28. The SMILES string of the molecule is CCOC(=O)CNC(=O)N(Cc1ccc([N+](=O)[O-])cc1)Cc1cn(C)nn1. The summed E-state index contributed by atoms with van der Waals surface area (Å²) in [5.74, 6) is -0.541. The van der Waals surface area contributed by atoms with Crippen LogP contribution in [-0.2, 0) is 29.7 Å². The van der Waals surface area contributed by atoms with Crippen molar-refractivity contribution in [3.8, 4) is 0 Å². The molecule has 0 spiro atoms. The van der Waals surface area contributed by atoms with Gasteiger partial charge in [-0.05, 0) is 12.5 Å². The summed E-state index contributed by atoms with van der Waals surface area (Å²) in [6.45, 7) is 1.96. The Labute approximate surface area is 155 Å². The minimum Gasteiger partial charge on any atom is -0.465 e. The minimum atomic E-state index is -0.541. The molecule has 2 rings (SSSR count). The van der Waals surface area contributed by atoms with Gasteiger partial charge >= 0.3 is 12.0 Å². The van der Waals surface area contributed by atoms with Crippen LogP contribution < -0.4 is 5.32 Å². The third-order valence-corrected chi connectivity index (χ3v) is 3.50. The number of carbonyl (C=O) groups is 2. The van der Waals surface area contributed by atoms with Crippen molar-refractivity contribution < 1.29 is 19.2 Å². The zero-order chi connectivity index (χ0) is 19.8. The van der Waals surface area contributed by atoms with Crippen molar-refractivity contribution in [2.75, 3.05) is 13.2 Å². The standard InChI is InChI=1S/C16H20N6O5/c1-3-27-15(23)8-17-16(24)21(11-13-10-20(2)19-18-13)9-12-4-6-14(7-5-12)22(25)26/h4-7,10H,3,8-9,11H2,1-2H3,(H,17,24). The quantitative estimate of drug-likeness (QED) is 0.413. The van der Waals surface area contributed by atoms with E-state index in [1.54, 1.807) is 32.3 Å². The van der Waals surface area contributed by atoms with E-state index in [0.717, 1.165) is 0 Å². The van der Waals surface area contributed by atoms with Gasteiger partial charge in [0.05, 0.1) is 18.1 Å². The highest BCUT2D eigenvalue weighted by Gasteiger charge is 2.18. The number of ether oxygens (including phenoxy) is 1. The predicted molar refractivity (Wildman–Crippen MR) is 93.4 cm³/mol. The van der Waals surface area contributed by atoms with Gasteiger partial charge in [0.1, 0.15) is 12.2 Å². The van der Waals surface area contributed by atoms with Gasteiger partial charge < -0.3 is 15.0 Å². The molecule has 0 saturated heterocycles. The van der Waals surface area contributed by atoms with E-state index in [1.165, 1.54) is 21.7 Å². The van der Waals surface area contributed by atoms with E-state index in [1.807, 2.05) is 0 Å². The topological polar surface area (TPSA) is 132 Å². The van der Waals surface area contributed by atoms with Crippen molar-refractivity contribution in [3.63, 3.8) is 0 Å². The third-order valence-electron chi connectivity index (χ3n) is 3.50. The molecule has 0 aliphatic rings. The van der Waals surface area contributed by atoms with Crippen LogP contribution in [0.1, 0.15) is 18.2 Å². The van der Waals surface area contributed by atoms with Crippen LogP contribution in [0.4, 0.5) is 10.5 Å². The van der Waals surface area contributed by atoms with Gasteiger partial charge in [-0.2, -0.15) is 0 Å². The van der Waals surface area contributed by atoms with Crippen LogP contribution in [0, 0.1) is 10.1 Å². The maximum absolute atomic E-state index is 12.5. The Morgan fingerprint density at radius 2 is 2.00 bits per heavy atom. The number of nitro benzene ring substituents is 1. The van der Waals surface area contributed by atoms with Gasteiger partial charge in [-0.25, -0.2) is 4.79 Å². The molecule has 11 heteroatoms. The summed E-state index contributed by atoms with van der Waals surface area (Å²) >= 11 is 0. The number of urea groups is 1. The highest BCUT2D eigenvalue weighted by Crippen LogP contribution is 2.14. The first-order chi connectivity index (χ1) is 12.9. The van der Waals surface area contributed by atoms with E-state index in [4.69, 9.17) is 4.74 Å². The lowest BCUT2D eigenvalue weighted by Gasteiger charge is -2.22. The molecule has 0 fully saturated rings. The average molecular weight is 376 g/mol. The van der Waals surface area contributed by atoms with Gasteiger partial charge in [0.2, 0.25) is 0 Å². The van der Waals surface area contributed by atoms with Gasteiger partial charge in [0.15, 0.2) is 0 Å². The van der Waals surface area contributed by atoms with Gasteiger partial charge in [-0.1, -0.05) is 17.3 Å². The number of nitrogens with zero attached hydrogens (tertiary/aromatic N) is 5. The lowest BCUT2D eigenvalue weighted by Crippen LogP contribution is -2.41. The largest absolute Gasteiger partial charge is 0.465 e. The van der Waals surface area contributed by atoms with Crippen molar-refractivity contribution in [2.24, 2.45) is 7.05 Å². The normalized spacial score (nSPS) is 10.3. The summed E-state index contributed by atoms with van der Waals surface area (Å²) in [5, 5.41) is 21.0. The number of aromatic nitrogens is 3. The molecule has 144 valence electrons. The van der Waals surface area contributed by atoms with Gasteiger partial charge in [0, 0.05) is 31.9 Å². The van der Waals surface area contributed by atoms with Crippen LogP contribution in [0.5, 0.6) is 0 Å². The molecule has 0 saturated carbocycles. The lowest BCUT2D eigenvalue weighted by molar-refractivity contribution is -0.384. The fourth-order valence-electron chi connectivity index (χ4n) is 2.28. The van der Waals surface area contributed by atoms with E-state index in [2.05, 4.69) is 15.6 Å². The summed E-state index contributed by atoms with van der Waals surface area (Å²) in [7, 11) is 1.71. The number of aryl methyl sites for hydroxylation is 1. The van der Waals surface area contributed by atoms with Crippen LogP contribution in [0.15, 0.2) is 30.5 Å². The molecule has 11 nitrogen and oxygen atoms in total. The van der Waals surface area contributed by atoms with Crippen molar-refractivity contribution in [3.05, 3.63) is 51.8 Å². The predicted octanol–water partition coefficient (Wildman–Crippen LogP) is 0.998. The van der Waals surface area contributed by atoms with E-state index >= 15 is 0 Å². The summed E-state index contributed by atoms with van der Waals surface area (Å²) in [5.41, 5.74) is 1.22. The van der Waals surface area contributed by atoms with Crippen LogP contribution in [0.25, 0.3) is 0 Å². The molecule has 0 radical (unpaired) electrons. The van der Waals surface area contributed by atoms with Crippen LogP contribution in [-0.4, -0.2) is 50.0 Å². The van der Waals surface area contributed by atoms with Crippen molar-refractivity contribution in [1.82, 2.24) is 25.2 Å². The monoisotopic (exact) mass is 376 g/mol. The molecule has 1 aromatic heterocycles. The Bertz CT molecular complexity index is 804. The maximum atomic E-state index is 12.5. The van der Waals surface area contributed by atoms with E-state index in [0.29, 0.717) is 11.3 Å². The van der Waals surface area contributed by atoms with Crippen LogP contribution in [0.3, 0.4) is 0 Å². The Balaban J connectivity index is 2.09. The van der Waals surface area contributed by atoms with Gasteiger partial charge in [0.25, 0.3) is 5.69 Å². The maximum Gasteiger partial charge on any atom is 0.325 e. The van der Waals surface area contributed by atoms with Crippen molar-refractivity contribution >= 4 is 17.7 Å². The fraction of sp³-hybridized carbons (Fsp3) is 0.375. The lowest BCUT2D eigenvalue weighted by atomic mass is 10.2. The Morgan fingerprint density at radius 1 is 1.30 bits per heavy atom. The molecule has 0 aliphatic heterocycles. The first kappa shape index (κ1) is 19.8. The molecule has 2 amide bonds. The Hall–Kier alpha value is -3.50. The number of nitro groups is 1. The highest BCUT2D eigenvalue weighted by molar-refractivity contribution is 5.80. The number of rotatable bonds is 8. The second-order valence-corrected chi connectivity index (χ2v) is 5.63. The summed E-state index contributed by atoms with van der Waals surface area (Å²) in [6.07, 6.45) is 1.67. The number of hydrogen-bond donors (Lipinski definition) is 1. The van der Waals surface area contributed by atoms with Crippen LogP contribution >= 0.6 is 0 Å². The third kappa shape index (κ3) is 6.06. The van der Waals surface area contributed by atoms with Crippen molar-refractivity contribution in [2.45, 2.75) is 20.0 Å². The molecule has 1 aromatic carbocycles. The zero-order valence-corrected chi connectivity index (χ0v) is 15.0. The molecular weight excluding hydrogens is 356 g/mol. The number of carbonyl (C=O) groups excluding carboxylic acids is 2. The molecule has 0 atom stereocenters. The van der Waals surface area contributed by atoms with E-state index in [9.17, 15) is 19.7 Å². The Morgan fingerprint density at radius 3 is 2.56 bits per heavy atom. The number of amides is 2. The van der Waals surface area contributed by atoms with Crippen molar-refractivity contribution in [1.29, 1.82) is 0 Å². The summed E-state index contributed by atoms with van der Waals surface area (Å²) in [4.78, 5) is 35.6. The molecule has 1 N–H and O–H groups in total. The smallest absolute Gasteiger partial charge is 0.325 e.